The van der Waals surface area contributed by atoms with Crippen molar-refractivity contribution in [2.45, 2.75) is 32.2 Å². The average Bonchev–Trinajstić information content (AvgIpc) is 2.95. The van der Waals surface area contributed by atoms with E-state index in [1.54, 1.807) is 0 Å². The predicted octanol–water partition coefficient (Wildman–Crippen LogP) is 1.76. The molecule has 0 spiro atoms. The minimum absolute atomic E-state index is 0.281. The number of piperidine rings is 1. The van der Waals surface area contributed by atoms with Crippen LogP contribution in [0.25, 0.3) is 0 Å². The normalized spacial score (nSPS) is 21.4. The second kappa shape index (κ2) is 8.44. The lowest BCUT2D eigenvalue weighted by Gasteiger charge is -2.26. The molecule has 1 aromatic carbocycles. The van der Waals surface area contributed by atoms with Crippen molar-refractivity contribution in [1.82, 2.24) is 9.62 Å². The zero-order valence-electron chi connectivity index (χ0n) is 14.2. The summed E-state index contributed by atoms with van der Waals surface area (Å²) in [4.78, 5) is 6.62. The number of likely N-dealkylation sites (tertiary alicyclic amines) is 1. The van der Waals surface area contributed by atoms with E-state index in [1.165, 1.54) is 44.1 Å². The summed E-state index contributed by atoms with van der Waals surface area (Å²) in [5.41, 5.74) is 1.27. The molecule has 136 valence electrons. The summed E-state index contributed by atoms with van der Waals surface area (Å²) >= 11 is 0. The van der Waals surface area contributed by atoms with Crippen LogP contribution in [0, 0.1) is 0 Å². The van der Waals surface area contributed by atoms with E-state index in [0.717, 1.165) is 12.3 Å². The Morgan fingerprint density at radius 2 is 2.08 bits per heavy atom. The number of aliphatic imine (C=N–C) groups is 1. The summed E-state index contributed by atoms with van der Waals surface area (Å²) in [6.45, 7) is 4.35. The number of amidine groups is 1. The monoisotopic (exact) mass is 364 g/mol. The second-order valence-corrected chi connectivity index (χ2v) is 7.63. The first-order valence-corrected chi connectivity index (χ1v) is 10.1. The molecule has 1 N–H and O–H groups in total. The first-order chi connectivity index (χ1) is 12.1. The van der Waals surface area contributed by atoms with Crippen LogP contribution in [0.2, 0.25) is 0 Å². The highest BCUT2D eigenvalue weighted by molar-refractivity contribution is 7.89. The molecule has 0 aliphatic carbocycles. The van der Waals surface area contributed by atoms with Crippen molar-refractivity contribution in [3.8, 4) is 5.75 Å². The number of rotatable bonds is 7. The van der Waals surface area contributed by atoms with E-state index in [2.05, 4.69) is 31.1 Å². The maximum atomic E-state index is 11.1. The fourth-order valence-electron chi connectivity index (χ4n) is 2.94. The third kappa shape index (κ3) is 5.82. The van der Waals surface area contributed by atoms with Crippen LogP contribution < -0.4 is 9.46 Å². The first kappa shape index (κ1) is 17.9. The van der Waals surface area contributed by atoms with Gasteiger partial charge in [-0.25, -0.2) is 4.72 Å². The molecule has 0 unspecified atom stereocenters. The fraction of sp³-hybridized carbons (Fsp3) is 0.529. The molecule has 0 radical (unpaired) electrons. The highest BCUT2D eigenvalue weighted by atomic mass is 32.2. The van der Waals surface area contributed by atoms with Crippen LogP contribution in [0.15, 0.2) is 33.7 Å². The van der Waals surface area contributed by atoms with Crippen molar-refractivity contribution >= 4 is 22.3 Å². The minimum atomic E-state index is -3.54. The quantitative estimate of drug-likeness (QED) is 0.747. The molecule has 0 bridgehead atoms. The molecule has 1 fully saturated rings. The maximum absolute atomic E-state index is 11.1. The zero-order valence-corrected chi connectivity index (χ0v) is 15.0. The number of hydrogen-bond acceptors (Lipinski definition) is 5. The molecule has 2 aliphatic rings. The van der Waals surface area contributed by atoms with Gasteiger partial charge < -0.3 is 4.74 Å². The van der Waals surface area contributed by atoms with Crippen molar-refractivity contribution in [2.24, 2.45) is 9.39 Å². The fourth-order valence-corrected chi connectivity index (χ4v) is 3.61. The van der Waals surface area contributed by atoms with Gasteiger partial charge in [-0.05, 0) is 43.6 Å². The Bertz CT molecular complexity index is 740. The van der Waals surface area contributed by atoms with Gasteiger partial charge in [0.2, 0.25) is 0 Å². The summed E-state index contributed by atoms with van der Waals surface area (Å²) in [5, 5.41) is 0. The molecule has 2 aliphatic heterocycles. The zero-order chi connectivity index (χ0) is 17.5. The summed E-state index contributed by atoms with van der Waals surface area (Å²) < 4.78 is 33.5. The molecular formula is C17H24N4O3S. The molecule has 1 saturated heterocycles. The lowest BCUT2D eigenvalue weighted by molar-refractivity contribution is 0.220. The van der Waals surface area contributed by atoms with Gasteiger partial charge in [-0.15, -0.1) is 4.40 Å². The Morgan fingerprint density at radius 1 is 1.24 bits per heavy atom. The Morgan fingerprint density at radius 3 is 2.84 bits per heavy atom. The van der Waals surface area contributed by atoms with E-state index in [4.69, 9.17) is 4.74 Å². The summed E-state index contributed by atoms with van der Waals surface area (Å²) in [6.07, 6.45) is 5.85. The standard InChI is InChI=1S/C17H24N4O3S/c22-25(23)19-13-17(20-25)18-8-5-11-24-16-7-4-6-15(12-16)14-21-9-2-1-3-10-21/h4,6-7,12-13H,1-3,5,8-11,14H2,(H,18,20). The highest BCUT2D eigenvalue weighted by Gasteiger charge is 2.15. The summed E-state index contributed by atoms with van der Waals surface area (Å²) in [6, 6.07) is 8.22. The largest absolute Gasteiger partial charge is 0.494 e. The van der Waals surface area contributed by atoms with E-state index in [0.29, 0.717) is 19.6 Å². The van der Waals surface area contributed by atoms with Crippen LogP contribution in [0.3, 0.4) is 0 Å². The summed E-state index contributed by atoms with van der Waals surface area (Å²) in [7, 11) is -3.54. The van der Waals surface area contributed by atoms with E-state index in [-0.39, 0.29) is 5.84 Å². The van der Waals surface area contributed by atoms with Gasteiger partial charge in [0.05, 0.1) is 12.8 Å². The topological polar surface area (TPSA) is 83.4 Å². The van der Waals surface area contributed by atoms with Crippen LogP contribution in [0.1, 0.15) is 31.2 Å². The van der Waals surface area contributed by atoms with Gasteiger partial charge in [0.25, 0.3) is 0 Å². The predicted molar refractivity (Wildman–Crippen MR) is 98.5 cm³/mol. The van der Waals surface area contributed by atoms with Crippen molar-refractivity contribution in [3.63, 3.8) is 0 Å². The van der Waals surface area contributed by atoms with Crippen molar-refractivity contribution in [2.75, 3.05) is 26.2 Å². The van der Waals surface area contributed by atoms with Crippen LogP contribution in [0.4, 0.5) is 0 Å². The van der Waals surface area contributed by atoms with Gasteiger partial charge in [-0.3, -0.25) is 9.89 Å². The molecule has 0 atom stereocenters. The molecule has 0 saturated carbocycles. The van der Waals surface area contributed by atoms with Crippen LogP contribution in [0.5, 0.6) is 5.75 Å². The lowest BCUT2D eigenvalue weighted by Crippen LogP contribution is -2.29. The van der Waals surface area contributed by atoms with E-state index in [9.17, 15) is 8.42 Å². The molecular weight excluding hydrogens is 340 g/mol. The minimum Gasteiger partial charge on any atom is -0.494 e. The molecule has 0 amide bonds. The number of nitrogens with one attached hydrogen (secondary N) is 1. The Labute approximate surface area is 149 Å². The molecule has 3 rings (SSSR count). The van der Waals surface area contributed by atoms with Gasteiger partial charge in [-0.1, -0.05) is 18.6 Å². The third-order valence-corrected chi connectivity index (χ3v) is 5.00. The number of ether oxygens (including phenoxy) is 1. The lowest BCUT2D eigenvalue weighted by atomic mass is 10.1. The Balaban J connectivity index is 1.40. The van der Waals surface area contributed by atoms with Crippen molar-refractivity contribution < 1.29 is 13.2 Å². The van der Waals surface area contributed by atoms with Gasteiger partial charge in [0.1, 0.15) is 5.75 Å². The van der Waals surface area contributed by atoms with E-state index >= 15 is 0 Å². The van der Waals surface area contributed by atoms with E-state index < -0.39 is 10.2 Å². The Hall–Kier alpha value is -1.93. The Kier molecular flexibility index (Phi) is 6.04. The summed E-state index contributed by atoms with van der Waals surface area (Å²) in [5.74, 6) is 1.15. The molecule has 25 heavy (non-hydrogen) atoms. The van der Waals surface area contributed by atoms with Crippen LogP contribution >= 0.6 is 0 Å². The number of nitrogens with zero attached hydrogens (tertiary/aromatic N) is 3. The van der Waals surface area contributed by atoms with Gasteiger partial charge >= 0.3 is 10.2 Å². The highest BCUT2D eigenvalue weighted by Crippen LogP contribution is 2.17. The third-order valence-electron chi connectivity index (χ3n) is 4.15. The first-order valence-electron chi connectivity index (χ1n) is 8.67. The van der Waals surface area contributed by atoms with Gasteiger partial charge in [0.15, 0.2) is 5.84 Å². The van der Waals surface area contributed by atoms with Crippen LogP contribution in [-0.4, -0.2) is 51.6 Å². The SMILES string of the molecule is O=S1(=O)N=CC(=NCCCOc2cccc(CN3CCCCC3)c2)N1. The van der Waals surface area contributed by atoms with Crippen LogP contribution in [-0.2, 0) is 16.8 Å². The van der Waals surface area contributed by atoms with Crippen molar-refractivity contribution in [1.29, 1.82) is 0 Å². The molecule has 2 heterocycles. The molecule has 0 aromatic heterocycles. The smallest absolute Gasteiger partial charge is 0.343 e. The van der Waals surface area contributed by atoms with E-state index in [1.807, 2.05) is 12.1 Å². The van der Waals surface area contributed by atoms with Crippen molar-refractivity contribution in [3.05, 3.63) is 29.8 Å². The molecule has 8 heteroatoms. The average molecular weight is 364 g/mol. The second-order valence-electron chi connectivity index (χ2n) is 6.26. The van der Waals surface area contributed by atoms with Gasteiger partial charge in [0, 0.05) is 19.5 Å². The molecule has 7 nitrogen and oxygen atoms in total. The number of hydrogen-bond donors (Lipinski definition) is 1. The number of benzene rings is 1. The maximum Gasteiger partial charge on any atom is 0.343 e. The van der Waals surface area contributed by atoms with Gasteiger partial charge in [-0.2, -0.15) is 8.42 Å². The molecule has 1 aromatic rings.